The van der Waals surface area contributed by atoms with Gasteiger partial charge in [0, 0.05) is 17.9 Å². The van der Waals surface area contributed by atoms with Crippen molar-refractivity contribution in [3.8, 4) is 0 Å². The third-order valence-corrected chi connectivity index (χ3v) is 3.09. The van der Waals surface area contributed by atoms with E-state index in [0.29, 0.717) is 11.6 Å². The minimum Gasteiger partial charge on any atom is -0.373 e. The molecule has 0 atom stereocenters. The van der Waals surface area contributed by atoms with Crippen LogP contribution in [0, 0.1) is 0 Å². The van der Waals surface area contributed by atoms with Gasteiger partial charge in [0.15, 0.2) is 5.79 Å². The molecule has 0 aromatic rings. The van der Waals surface area contributed by atoms with E-state index in [-0.39, 0.29) is 11.9 Å². The molecule has 1 saturated carbocycles. The Bertz CT molecular complexity index is 226. The summed E-state index contributed by atoms with van der Waals surface area (Å²) < 4.78 is 16.9. The van der Waals surface area contributed by atoms with Crippen LogP contribution in [-0.4, -0.2) is 31.7 Å². The van der Waals surface area contributed by atoms with Crippen LogP contribution in [0.2, 0.25) is 0 Å². The molecule has 2 rings (SSSR count). The molecule has 1 saturated heterocycles. The molecule has 3 nitrogen and oxygen atoms in total. The van der Waals surface area contributed by atoms with E-state index in [2.05, 4.69) is 6.58 Å². The first-order valence-corrected chi connectivity index (χ1v) is 5.81. The van der Waals surface area contributed by atoms with E-state index in [4.69, 9.17) is 25.8 Å². The molecular weight excluding hydrogens is 216 g/mol. The van der Waals surface area contributed by atoms with Crippen LogP contribution in [0.3, 0.4) is 0 Å². The molecule has 0 aromatic heterocycles. The highest BCUT2D eigenvalue weighted by Crippen LogP contribution is 2.36. The Labute approximate surface area is 95.3 Å². The van der Waals surface area contributed by atoms with E-state index in [1.165, 1.54) is 0 Å². The molecule has 0 radical (unpaired) electrons. The summed E-state index contributed by atoms with van der Waals surface area (Å²) in [5.74, 6) is -0.294. The third-order valence-electron chi connectivity index (χ3n) is 2.98. The van der Waals surface area contributed by atoms with Gasteiger partial charge >= 0.3 is 0 Å². The van der Waals surface area contributed by atoms with Gasteiger partial charge in [-0.2, -0.15) is 0 Å². The molecule has 0 bridgehead atoms. The van der Waals surface area contributed by atoms with Crippen molar-refractivity contribution in [3.05, 3.63) is 11.6 Å². The van der Waals surface area contributed by atoms with Crippen molar-refractivity contribution in [3.63, 3.8) is 0 Å². The van der Waals surface area contributed by atoms with Crippen molar-refractivity contribution in [1.82, 2.24) is 0 Å². The summed E-state index contributed by atoms with van der Waals surface area (Å²) in [6.45, 7) is 5.50. The van der Waals surface area contributed by atoms with E-state index < -0.39 is 0 Å². The fourth-order valence-electron chi connectivity index (χ4n) is 2.19. The molecular formula is C11H17ClO3. The van der Waals surface area contributed by atoms with Gasteiger partial charge in [-0.05, 0) is 12.8 Å². The second-order valence-corrected chi connectivity index (χ2v) is 4.67. The molecule has 1 spiro atoms. The Morgan fingerprint density at radius 2 is 1.93 bits per heavy atom. The van der Waals surface area contributed by atoms with Crippen molar-refractivity contribution in [2.24, 2.45) is 0 Å². The number of rotatable bonds is 3. The maximum absolute atomic E-state index is 5.65. The Morgan fingerprint density at radius 1 is 1.33 bits per heavy atom. The second kappa shape index (κ2) is 4.83. The smallest absolute Gasteiger partial charge is 0.168 e. The fourth-order valence-corrected chi connectivity index (χ4v) is 2.25. The summed E-state index contributed by atoms with van der Waals surface area (Å²) in [7, 11) is 0. The zero-order chi connectivity index (χ0) is 10.7. The molecule has 1 aliphatic heterocycles. The predicted octanol–water partition coefficient (Wildman–Crippen LogP) is 2.44. The molecule has 0 unspecified atom stereocenters. The summed E-state index contributed by atoms with van der Waals surface area (Å²) in [6, 6.07) is 0. The molecule has 1 aliphatic carbocycles. The zero-order valence-corrected chi connectivity index (χ0v) is 9.59. The van der Waals surface area contributed by atoms with Crippen LogP contribution in [0.15, 0.2) is 11.6 Å². The quantitative estimate of drug-likeness (QED) is 0.748. The Morgan fingerprint density at radius 3 is 2.47 bits per heavy atom. The SMILES string of the molecule is C=C(Cl)COC1CCC2(CC1)OCCO2. The second-order valence-electron chi connectivity index (χ2n) is 4.14. The monoisotopic (exact) mass is 232 g/mol. The van der Waals surface area contributed by atoms with Crippen LogP contribution < -0.4 is 0 Å². The lowest BCUT2D eigenvalue weighted by Gasteiger charge is -2.35. The normalized spacial score (nSPS) is 25.9. The Balaban J connectivity index is 1.74. The van der Waals surface area contributed by atoms with Crippen LogP contribution in [0.25, 0.3) is 0 Å². The minimum atomic E-state index is -0.294. The van der Waals surface area contributed by atoms with E-state index >= 15 is 0 Å². The molecule has 2 aliphatic rings. The summed E-state index contributed by atoms with van der Waals surface area (Å²) in [5.41, 5.74) is 0. The van der Waals surface area contributed by atoms with Crippen LogP contribution in [0.4, 0.5) is 0 Å². The molecule has 0 amide bonds. The summed E-state index contributed by atoms with van der Waals surface area (Å²) in [4.78, 5) is 0. The van der Waals surface area contributed by atoms with E-state index in [0.717, 1.165) is 38.9 Å². The van der Waals surface area contributed by atoms with Gasteiger partial charge in [-0.15, -0.1) is 0 Å². The van der Waals surface area contributed by atoms with E-state index in [1.54, 1.807) is 0 Å². The van der Waals surface area contributed by atoms with Crippen LogP contribution >= 0.6 is 11.6 Å². The minimum absolute atomic E-state index is 0.277. The molecule has 1 heterocycles. The van der Waals surface area contributed by atoms with Gasteiger partial charge in [-0.25, -0.2) is 0 Å². The lowest BCUT2D eigenvalue weighted by molar-refractivity contribution is -0.190. The van der Waals surface area contributed by atoms with E-state index in [1.807, 2.05) is 0 Å². The standard InChI is InChI=1S/C11H17ClO3/c1-9(12)8-13-10-2-4-11(5-3-10)14-6-7-15-11/h10H,1-8H2. The van der Waals surface area contributed by atoms with Crippen molar-refractivity contribution >= 4 is 11.6 Å². The van der Waals surface area contributed by atoms with E-state index in [9.17, 15) is 0 Å². The van der Waals surface area contributed by atoms with Crippen molar-refractivity contribution < 1.29 is 14.2 Å². The van der Waals surface area contributed by atoms with Crippen molar-refractivity contribution in [2.75, 3.05) is 19.8 Å². The predicted molar refractivity (Wildman–Crippen MR) is 57.8 cm³/mol. The largest absolute Gasteiger partial charge is 0.373 e. The first kappa shape index (κ1) is 11.4. The number of halogens is 1. The lowest BCUT2D eigenvalue weighted by atomic mass is 9.92. The molecule has 0 N–H and O–H groups in total. The van der Waals surface area contributed by atoms with Crippen LogP contribution in [0.5, 0.6) is 0 Å². The van der Waals surface area contributed by atoms with Gasteiger partial charge in [0.05, 0.1) is 25.9 Å². The highest BCUT2D eigenvalue weighted by atomic mass is 35.5. The molecule has 2 fully saturated rings. The molecule has 86 valence electrons. The van der Waals surface area contributed by atoms with Crippen molar-refractivity contribution in [2.45, 2.75) is 37.6 Å². The van der Waals surface area contributed by atoms with Gasteiger partial charge in [-0.1, -0.05) is 18.2 Å². The highest BCUT2D eigenvalue weighted by Gasteiger charge is 2.40. The number of ether oxygens (including phenoxy) is 3. The highest BCUT2D eigenvalue weighted by molar-refractivity contribution is 6.29. The molecule has 15 heavy (non-hydrogen) atoms. The van der Waals surface area contributed by atoms with Crippen LogP contribution in [0.1, 0.15) is 25.7 Å². The summed E-state index contributed by atoms with van der Waals surface area (Å²) in [5, 5.41) is 0.559. The maximum atomic E-state index is 5.65. The van der Waals surface area contributed by atoms with Crippen LogP contribution in [-0.2, 0) is 14.2 Å². The molecule has 4 heteroatoms. The van der Waals surface area contributed by atoms with Crippen molar-refractivity contribution in [1.29, 1.82) is 0 Å². The van der Waals surface area contributed by atoms with Gasteiger partial charge in [0.2, 0.25) is 0 Å². The summed E-state index contributed by atoms with van der Waals surface area (Å²) in [6.07, 6.45) is 4.08. The van der Waals surface area contributed by atoms with Gasteiger partial charge in [-0.3, -0.25) is 0 Å². The van der Waals surface area contributed by atoms with Gasteiger partial charge in [0.1, 0.15) is 0 Å². The first-order chi connectivity index (χ1) is 7.20. The van der Waals surface area contributed by atoms with Gasteiger partial charge in [0.25, 0.3) is 0 Å². The fraction of sp³-hybridized carbons (Fsp3) is 0.818. The topological polar surface area (TPSA) is 27.7 Å². The average Bonchev–Trinajstić information content (AvgIpc) is 2.66. The Kier molecular flexibility index (Phi) is 3.67. The molecule has 0 aromatic carbocycles. The summed E-state index contributed by atoms with van der Waals surface area (Å²) >= 11 is 5.65. The maximum Gasteiger partial charge on any atom is 0.168 e. The zero-order valence-electron chi connectivity index (χ0n) is 8.84. The Hall–Kier alpha value is -0.0900. The van der Waals surface area contributed by atoms with Gasteiger partial charge < -0.3 is 14.2 Å². The first-order valence-electron chi connectivity index (χ1n) is 5.43. The number of hydrogen-bond acceptors (Lipinski definition) is 3. The number of hydrogen-bond donors (Lipinski definition) is 0. The average molecular weight is 233 g/mol. The third kappa shape index (κ3) is 2.94. The lowest BCUT2D eigenvalue weighted by Crippen LogP contribution is -2.37.